The largest absolute Gasteiger partial charge is 0.309 e. The Morgan fingerprint density at radius 3 is 2.62 bits per heavy atom. The summed E-state index contributed by atoms with van der Waals surface area (Å²) in [5.74, 6) is -0.787. The lowest BCUT2D eigenvalue weighted by atomic mass is 10.1. The van der Waals surface area contributed by atoms with E-state index in [1.807, 2.05) is 0 Å². The zero-order chi connectivity index (χ0) is 10.0. The van der Waals surface area contributed by atoms with Gasteiger partial charge in [0.1, 0.15) is 0 Å². The van der Waals surface area contributed by atoms with Crippen molar-refractivity contribution in [1.82, 2.24) is 0 Å². The molecule has 0 N–H and O–H groups in total. The predicted molar refractivity (Wildman–Crippen MR) is 50.1 cm³/mol. The molecule has 0 aliphatic carbocycles. The molecule has 1 rings (SSSR count). The molecule has 0 atom stereocenters. The van der Waals surface area contributed by atoms with E-state index in [0.29, 0.717) is 16.5 Å². The van der Waals surface area contributed by atoms with Gasteiger partial charge in [0.25, 0.3) is 0 Å². The van der Waals surface area contributed by atoms with Gasteiger partial charge in [-0.15, -0.1) is 0 Å². The van der Waals surface area contributed by atoms with E-state index in [9.17, 15) is 14.5 Å². The van der Waals surface area contributed by atoms with Crippen LogP contribution in [0.2, 0.25) is 0 Å². The first kappa shape index (κ1) is 10.1. The van der Waals surface area contributed by atoms with Crippen LogP contribution < -0.4 is 0 Å². The Bertz CT molecular complexity index is 354. The van der Waals surface area contributed by atoms with Gasteiger partial charge in [-0.3, -0.25) is 10.1 Å². The van der Waals surface area contributed by atoms with Crippen LogP contribution in [-0.2, 0) is 6.42 Å². The normalized spacial score (nSPS) is 10.1. The molecule has 0 saturated carbocycles. The molecule has 0 unspecified atom stereocenters. The van der Waals surface area contributed by atoms with E-state index in [2.05, 4.69) is 15.9 Å². The molecule has 0 fully saturated rings. The number of nitro groups is 1. The lowest BCUT2D eigenvalue weighted by Gasteiger charge is -2.02. The third-order valence-corrected chi connectivity index (χ3v) is 2.46. The second kappa shape index (κ2) is 3.83. The van der Waals surface area contributed by atoms with E-state index in [0.717, 1.165) is 6.07 Å². The number of benzene rings is 1. The van der Waals surface area contributed by atoms with Gasteiger partial charge in [0.2, 0.25) is 5.82 Å². The highest BCUT2D eigenvalue weighted by molar-refractivity contribution is 9.10. The maximum absolute atomic E-state index is 13.0. The molecule has 0 saturated heterocycles. The molecule has 1 aromatic rings. The number of nitro benzene ring substituents is 1. The van der Waals surface area contributed by atoms with Crippen LogP contribution in [0.5, 0.6) is 0 Å². The summed E-state index contributed by atoms with van der Waals surface area (Å²) in [5.41, 5.74) is -0.0399. The van der Waals surface area contributed by atoms with Crippen LogP contribution in [0.3, 0.4) is 0 Å². The summed E-state index contributed by atoms with van der Waals surface area (Å²) in [6.07, 6.45) is 0.425. The molecule has 0 aliphatic rings. The van der Waals surface area contributed by atoms with Crippen molar-refractivity contribution in [3.05, 3.63) is 38.1 Å². The van der Waals surface area contributed by atoms with E-state index >= 15 is 0 Å². The smallest absolute Gasteiger partial charge is 0.258 e. The Labute approximate surface area is 82.8 Å². The van der Waals surface area contributed by atoms with Crippen LogP contribution in [0.1, 0.15) is 12.5 Å². The van der Waals surface area contributed by atoms with Crippen LogP contribution in [0.15, 0.2) is 16.6 Å². The molecule has 5 heteroatoms. The van der Waals surface area contributed by atoms with E-state index in [1.165, 1.54) is 6.07 Å². The number of nitrogens with zero attached hydrogens (tertiary/aromatic N) is 1. The molecule has 3 nitrogen and oxygen atoms in total. The Hall–Kier alpha value is -0.970. The highest BCUT2D eigenvalue weighted by Crippen LogP contribution is 2.29. The average Bonchev–Trinajstić information content (AvgIpc) is 2.07. The van der Waals surface area contributed by atoms with Crippen molar-refractivity contribution in [2.24, 2.45) is 0 Å². The summed E-state index contributed by atoms with van der Waals surface area (Å²) in [4.78, 5) is 9.80. The van der Waals surface area contributed by atoms with Crippen LogP contribution in [-0.4, -0.2) is 4.92 Å². The topological polar surface area (TPSA) is 43.1 Å². The molecule has 0 amide bonds. The first-order valence-corrected chi connectivity index (χ1v) is 4.48. The first-order valence-electron chi connectivity index (χ1n) is 3.69. The van der Waals surface area contributed by atoms with Gasteiger partial charge in [0, 0.05) is 10.0 Å². The van der Waals surface area contributed by atoms with Gasteiger partial charge in [0.15, 0.2) is 0 Å². The van der Waals surface area contributed by atoms with Crippen molar-refractivity contribution in [1.29, 1.82) is 0 Å². The highest BCUT2D eigenvalue weighted by Gasteiger charge is 2.20. The molecule has 1 aromatic carbocycles. The number of halogens is 2. The molecule has 0 radical (unpaired) electrons. The molecule has 0 bridgehead atoms. The van der Waals surface area contributed by atoms with Gasteiger partial charge in [-0.25, -0.2) is 0 Å². The van der Waals surface area contributed by atoms with Crippen LogP contribution in [0, 0.1) is 15.9 Å². The Morgan fingerprint density at radius 1 is 1.62 bits per heavy atom. The van der Waals surface area contributed by atoms with Crippen LogP contribution in [0.25, 0.3) is 0 Å². The number of rotatable bonds is 2. The molecular formula is C8H7BrFNO2. The van der Waals surface area contributed by atoms with Crippen molar-refractivity contribution in [3.8, 4) is 0 Å². The first-order chi connectivity index (χ1) is 6.07. The summed E-state index contributed by atoms with van der Waals surface area (Å²) >= 11 is 3.14. The summed E-state index contributed by atoms with van der Waals surface area (Å²) in [6.45, 7) is 1.74. The monoisotopic (exact) mass is 247 g/mol. The zero-order valence-electron chi connectivity index (χ0n) is 6.88. The Morgan fingerprint density at radius 2 is 2.23 bits per heavy atom. The molecular weight excluding hydrogens is 241 g/mol. The summed E-state index contributed by atoms with van der Waals surface area (Å²) < 4.78 is 13.6. The van der Waals surface area contributed by atoms with Gasteiger partial charge >= 0.3 is 5.69 Å². The molecule has 70 valence electrons. The van der Waals surface area contributed by atoms with Crippen molar-refractivity contribution in [3.63, 3.8) is 0 Å². The minimum Gasteiger partial charge on any atom is -0.258 e. The van der Waals surface area contributed by atoms with Crippen LogP contribution >= 0.6 is 15.9 Å². The highest BCUT2D eigenvalue weighted by atomic mass is 79.9. The summed E-state index contributed by atoms with van der Waals surface area (Å²) in [7, 11) is 0. The van der Waals surface area contributed by atoms with Crippen molar-refractivity contribution in [2.75, 3.05) is 0 Å². The fourth-order valence-electron chi connectivity index (χ4n) is 1.12. The second-order valence-electron chi connectivity index (χ2n) is 2.47. The minimum atomic E-state index is -0.787. The van der Waals surface area contributed by atoms with Gasteiger partial charge in [-0.2, -0.15) is 4.39 Å². The molecule has 0 aromatic heterocycles. The average molecular weight is 248 g/mol. The quantitative estimate of drug-likeness (QED) is 0.596. The number of hydrogen-bond donors (Lipinski definition) is 0. The Balaban J connectivity index is 3.43. The van der Waals surface area contributed by atoms with Gasteiger partial charge in [-0.05, 0) is 18.6 Å². The third kappa shape index (κ3) is 1.85. The zero-order valence-corrected chi connectivity index (χ0v) is 8.47. The lowest BCUT2D eigenvalue weighted by Crippen LogP contribution is -1.98. The van der Waals surface area contributed by atoms with E-state index < -0.39 is 16.4 Å². The van der Waals surface area contributed by atoms with E-state index in [4.69, 9.17) is 0 Å². The molecule has 0 spiro atoms. The molecule has 0 aliphatic heterocycles. The van der Waals surface area contributed by atoms with Crippen molar-refractivity contribution >= 4 is 21.6 Å². The SMILES string of the molecule is CCc1c(Br)ccc(F)c1[N+](=O)[O-]. The third-order valence-electron chi connectivity index (χ3n) is 1.71. The molecule has 0 heterocycles. The fourth-order valence-corrected chi connectivity index (χ4v) is 1.72. The summed E-state index contributed by atoms with van der Waals surface area (Å²) in [6, 6.07) is 2.56. The maximum atomic E-state index is 13.0. The van der Waals surface area contributed by atoms with Gasteiger partial charge in [-0.1, -0.05) is 22.9 Å². The van der Waals surface area contributed by atoms with Crippen molar-refractivity contribution in [2.45, 2.75) is 13.3 Å². The summed E-state index contributed by atoms with van der Waals surface area (Å²) in [5, 5.41) is 10.5. The van der Waals surface area contributed by atoms with Gasteiger partial charge < -0.3 is 0 Å². The van der Waals surface area contributed by atoms with Crippen LogP contribution in [0.4, 0.5) is 10.1 Å². The minimum absolute atomic E-state index is 0.394. The maximum Gasteiger partial charge on any atom is 0.309 e. The lowest BCUT2D eigenvalue weighted by molar-refractivity contribution is -0.388. The van der Waals surface area contributed by atoms with E-state index in [1.54, 1.807) is 6.92 Å². The van der Waals surface area contributed by atoms with E-state index in [-0.39, 0.29) is 0 Å². The predicted octanol–water partition coefficient (Wildman–Crippen LogP) is 3.06. The number of hydrogen-bond acceptors (Lipinski definition) is 2. The van der Waals surface area contributed by atoms with Crippen molar-refractivity contribution < 1.29 is 9.31 Å². The standard InChI is InChI=1S/C8H7BrFNO2/c1-2-5-6(9)3-4-7(10)8(5)11(12)13/h3-4H,2H2,1H3. The second-order valence-corrected chi connectivity index (χ2v) is 3.32. The fraction of sp³-hybridized carbons (Fsp3) is 0.250. The van der Waals surface area contributed by atoms with Gasteiger partial charge in [0.05, 0.1) is 4.92 Å². The Kier molecular flexibility index (Phi) is 2.98. The molecule has 13 heavy (non-hydrogen) atoms.